The summed E-state index contributed by atoms with van der Waals surface area (Å²) in [7, 11) is 1.19. The first-order chi connectivity index (χ1) is 12.7. The van der Waals surface area contributed by atoms with Crippen LogP contribution in [-0.2, 0) is 25.5 Å². The second-order valence-corrected chi connectivity index (χ2v) is 6.53. The summed E-state index contributed by atoms with van der Waals surface area (Å²) in [5, 5.41) is 7.82. The molecule has 0 radical (unpaired) electrons. The standard InChI is InChI=1S/C17H23N5O5/c1-17(2,3)27-16(25)20-13(21-22-18)14(23)19-12(15(24)26-4)10-11-8-6-5-7-9-11/h5-9,12-13H,10H2,1-4H3,(H,19,23)(H,20,25)/t12-,13+/m0/s1. The fourth-order valence-corrected chi connectivity index (χ4v) is 2.05. The number of hydrogen-bond acceptors (Lipinski definition) is 6. The number of hydrogen-bond donors (Lipinski definition) is 2. The van der Waals surface area contributed by atoms with E-state index in [1.54, 1.807) is 45.0 Å². The monoisotopic (exact) mass is 377 g/mol. The van der Waals surface area contributed by atoms with E-state index in [2.05, 4.69) is 20.7 Å². The van der Waals surface area contributed by atoms with E-state index >= 15 is 0 Å². The summed E-state index contributed by atoms with van der Waals surface area (Å²) in [5.41, 5.74) is 8.63. The molecule has 2 amide bonds. The van der Waals surface area contributed by atoms with Gasteiger partial charge in [0.2, 0.25) is 5.91 Å². The molecule has 0 spiro atoms. The Hall–Kier alpha value is -3.26. The quantitative estimate of drug-likeness (QED) is 0.323. The van der Waals surface area contributed by atoms with Gasteiger partial charge in [0.15, 0.2) is 6.17 Å². The van der Waals surface area contributed by atoms with Crippen molar-refractivity contribution < 1.29 is 23.9 Å². The summed E-state index contributed by atoms with van der Waals surface area (Å²) < 4.78 is 9.73. The molecule has 0 saturated carbocycles. The molecule has 1 aromatic rings. The molecule has 146 valence electrons. The highest BCUT2D eigenvalue weighted by molar-refractivity contribution is 5.89. The summed E-state index contributed by atoms with van der Waals surface area (Å²) in [6, 6.07) is 7.94. The van der Waals surface area contributed by atoms with Crippen LogP contribution in [0.1, 0.15) is 26.3 Å². The Balaban J connectivity index is 2.87. The van der Waals surface area contributed by atoms with Crippen molar-refractivity contribution in [2.45, 2.75) is 45.0 Å². The number of nitrogens with zero attached hydrogens (tertiary/aromatic N) is 3. The van der Waals surface area contributed by atoms with Crippen molar-refractivity contribution in [3.05, 3.63) is 46.3 Å². The first-order valence-corrected chi connectivity index (χ1v) is 8.12. The van der Waals surface area contributed by atoms with E-state index < -0.39 is 35.8 Å². The number of esters is 1. The third-order valence-electron chi connectivity index (χ3n) is 3.15. The zero-order chi connectivity index (χ0) is 20.4. The number of alkyl carbamates (subject to hydrolysis) is 1. The van der Waals surface area contributed by atoms with Crippen molar-refractivity contribution in [3.63, 3.8) is 0 Å². The molecule has 0 heterocycles. The largest absolute Gasteiger partial charge is 0.467 e. The van der Waals surface area contributed by atoms with Crippen LogP contribution in [0.5, 0.6) is 0 Å². The Labute approximate surface area is 156 Å². The van der Waals surface area contributed by atoms with Crippen molar-refractivity contribution in [1.82, 2.24) is 10.6 Å². The number of carbonyl (C=O) groups excluding carboxylic acids is 3. The molecule has 10 nitrogen and oxygen atoms in total. The highest BCUT2D eigenvalue weighted by Gasteiger charge is 2.28. The SMILES string of the molecule is COC(=O)[C@H](Cc1ccccc1)NC(=O)[C@@H](N=[N+]=[N-])NC(=O)OC(C)(C)C. The maximum absolute atomic E-state index is 12.4. The number of methoxy groups -OCH3 is 1. The molecule has 2 N–H and O–H groups in total. The third-order valence-corrected chi connectivity index (χ3v) is 3.15. The molecule has 1 aromatic carbocycles. The number of amides is 2. The van der Waals surface area contributed by atoms with E-state index in [0.29, 0.717) is 0 Å². The average Bonchev–Trinajstić information content (AvgIpc) is 2.59. The lowest BCUT2D eigenvalue weighted by atomic mass is 10.1. The zero-order valence-electron chi connectivity index (χ0n) is 15.6. The number of carbonyl (C=O) groups is 3. The molecule has 0 aromatic heterocycles. The van der Waals surface area contributed by atoms with Crippen LogP contribution < -0.4 is 10.6 Å². The maximum Gasteiger partial charge on any atom is 0.408 e. The minimum Gasteiger partial charge on any atom is -0.467 e. The van der Waals surface area contributed by atoms with Crippen molar-refractivity contribution >= 4 is 18.0 Å². The Morgan fingerprint density at radius 2 is 1.81 bits per heavy atom. The van der Waals surface area contributed by atoms with Gasteiger partial charge < -0.3 is 20.1 Å². The highest BCUT2D eigenvalue weighted by Crippen LogP contribution is 2.08. The van der Waals surface area contributed by atoms with Gasteiger partial charge in [-0.3, -0.25) is 4.79 Å². The average molecular weight is 377 g/mol. The van der Waals surface area contributed by atoms with E-state index in [1.165, 1.54) is 7.11 Å². The van der Waals surface area contributed by atoms with Gasteiger partial charge in [-0.1, -0.05) is 35.4 Å². The molecule has 0 saturated heterocycles. The predicted octanol–water partition coefficient (Wildman–Crippen LogP) is 2.05. The van der Waals surface area contributed by atoms with Crippen LogP contribution in [0.2, 0.25) is 0 Å². The maximum atomic E-state index is 12.4. The Kier molecular flexibility index (Phi) is 8.09. The molecular weight excluding hydrogens is 354 g/mol. The van der Waals surface area contributed by atoms with Crippen LogP contribution in [0.4, 0.5) is 4.79 Å². The Bertz CT molecular complexity index is 710. The van der Waals surface area contributed by atoms with Crippen LogP contribution in [0.15, 0.2) is 35.4 Å². The summed E-state index contributed by atoms with van der Waals surface area (Å²) >= 11 is 0. The van der Waals surface area contributed by atoms with E-state index in [0.717, 1.165) is 5.56 Å². The second-order valence-electron chi connectivity index (χ2n) is 6.53. The first-order valence-electron chi connectivity index (χ1n) is 8.12. The van der Waals surface area contributed by atoms with E-state index in [-0.39, 0.29) is 6.42 Å². The summed E-state index contributed by atoms with van der Waals surface area (Å²) in [6.45, 7) is 4.92. The Morgan fingerprint density at radius 1 is 1.19 bits per heavy atom. The number of benzene rings is 1. The third kappa shape index (κ3) is 8.10. The van der Waals surface area contributed by atoms with Crippen LogP contribution in [-0.4, -0.2) is 42.9 Å². The van der Waals surface area contributed by atoms with Crippen LogP contribution in [0.3, 0.4) is 0 Å². The molecule has 10 heteroatoms. The number of rotatable bonds is 7. The summed E-state index contributed by atoms with van der Waals surface area (Å²) in [4.78, 5) is 38.8. The van der Waals surface area contributed by atoms with Gasteiger partial charge in [0, 0.05) is 11.3 Å². The van der Waals surface area contributed by atoms with Gasteiger partial charge in [-0.15, -0.1) is 0 Å². The van der Waals surface area contributed by atoms with Gasteiger partial charge in [0.05, 0.1) is 7.11 Å². The lowest BCUT2D eigenvalue weighted by Gasteiger charge is -2.23. The topological polar surface area (TPSA) is 142 Å². The second kappa shape index (κ2) is 10.0. The summed E-state index contributed by atoms with van der Waals surface area (Å²) in [6.07, 6.45) is -2.37. The molecule has 0 aliphatic heterocycles. The number of azide groups is 1. The summed E-state index contributed by atoms with van der Waals surface area (Å²) in [5.74, 6) is -1.55. The van der Waals surface area contributed by atoms with Gasteiger partial charge in [-0.2, -0.15) is 0 Å². The Morgan fingerprint density at radius 3 is 2.33 bits per heavy atom. The first kappa shape index (κ1) is 21.8. The lowest BCUT2D eigenvalue weighted by molar-refractivity contribution is -0.145. The molecule has 2 atom stereocenters. The van der Waals surface area contributed by atoms with Crippen molar-refractivity contribution in [2.75, 3.05) is 7.11 Å². The molecule has 0 unspecified atom stereocenters. The van der Waals surface area contributed by atoms with E-state index in [1.807, 2.05) is 6.07 Å². The van der Waals surface area contributed by atoms with Gasteiger partial charge in [0.1, 0.15) is 11.6 Å². The molecule has 0 fully saturated rings. The molecule has 0 aliphatic rings. The number of ether oxygens (including phenoxy) is 2. The van der Waals surface area contributed by atoms with Crippen molar-refractivity contribution in [3.8, 4) is 0 Å². The molecular formula is C17H23N5O5. The van der Waals surface area contributed by atoms with Gasteiger partial charge >= 0.3 is 12.1 Å². The molecule has 27 heavy (non-hydrogen) atoms. The van der Waals surface area contributed by atoms with E-state index in [4.69, 9.17) is 15.0 Å². The van der Waals surface area contributed by atoms with Gasteiger partial charge in [0.25, 0.3) is 0 Å². The van der Waals surface area contributed by atoms with E-state index in [9.17, 15) is 14.4 Å². The number of nitrogens with one attached hydrogen (secondary N) is 2. The predicted molar refractivity (Wildman–Crippen MR) is 96.4 cm³/mol. The highest BCUT2D eigenvalue weighted by atomic mass is 16.6. The van der Waals surface area contributed by atoms with Crippen molar-refractivity contribution in [1.29, 1.82) is 0 Å². The van der Waals surface area contributed by atoms with Crippen LogP contribution >= 0.6 is 0 Å². The van der Waals surface area contributed by atoms with Gasteiger partial charge in [-0.25, -0.2) is 9.59 Å². The van der Waals surface area contributed by atoms with Gasteiger partial charge in [-0.05, 0) is 31.9 Å². The fraction of sp³-hybridized carbons (Fsp3) is 0.471. The lowest BCUT2D eigenvalue weighted by Crippen LogP contribution is -2.52. The normalized spacial score (nSPS) is 12.7. The van der Waals surface area contributed by atoms with Crippen molar-refractivity contribution in [2.24, 2.45) is 5.11 Å². The van der Waals surface area contributed by atoms with Crippen LogP contribution in [0.25, 0.3) is 10.4 Å². The molecule has 1 rings (SSSR count). The smallest absolute Gasteiger partial charge is 0.408 e. The fourth-order valence-electron chi connectivity index (χ4n) is 2.05. The minimum absolute atomic E-state index is 0.161. The minimum atomic E-state index is -1.59. The molecule has 0 aliphatic carbocycles. The molecule has 0 bridgehead atoms. The van der Waals surface area contributed by atoms with Crippen LogP contribution in [0, 0.1) is 0 Å². The zero-order valence-corrected chi connectivity index (χ0v) is 15.6.